The maximum Gasteiger partial charge on any atom is 0.179 e. The molecule has 1 atom stereocenters. The molecule has 0 N–H and O–H groups in total. The van der Waals surface area contributed by atoms with E-state index in [0.717, 1.165) is 17.8 Å². The number of hydrogen-bond donors (Lipinski definition) is 0. The number of nitrogens with zero attached hydrogens (tertiary/aromatic N) is 3. The summed E-state index contributed by atoms with van der Waals surface area (Å²) in [5.74, 6) is 0. The van der Waals surface area contributed by atoms with E-state index in [1.165, 1.54) is 103 Å². The van der Waals surface area contributed by atoms with Crippen LogP contribution < -0.4 is 30.9 Å². The van der Waals surface area contributed by atoms with Crippen molar-refractivity contribution in [3.8, 4) is 16.8 Å². The van der Waals surface area contributed by atoms with E-state index in [1.54, 1.807) is 0 Å². The van der Waals surface area contributed by atoms with Gasteiger partial charge in [0.05, 0.1) is 33.6 Å². The van der Waals surface area contributed by atoms with Gasteiger partial charge >= 0.3 is 0 Å². The Kier molecular flexibility index (Phi) is 11.2. The first kappa shape index (κ1) is 45.2. The van der Waals surface area contributed by atoms with E-state index in [1.807, 2.05) is 6.08 Å². The summed E-state index contributed by atoms with van der Waals surface area (Å²) in [6, 6.07) is 96.8. The first-order valence-corrected chi connectivity index (χ1v) is 28.4. The molecule has 76 heavy (non-hydrogen) atoms. The molecule has 0 spiro atoms. The molecule has 1 aliphatic carbocycles. The topological polar surface area (TPSA) is 12.6 Å². The van der Waals surface area contributed by atoms with Crippen LogP contribution in [0.5, 0.6) is 0 Å². The zero-order chi connectivity index (χ0) is 50.6. The highest BCUT2D eigenvalue weighted by atomic mass is 28.3. The van der Waals surface area contributed by atoms with Crippen LogP contribution in [-0.4, -0.2) is 23.1 Å². The summed E-state index contributed by atoms with van der Waals surface area (Å²) in [7, 11) is -2.73. The molecule has 1 unspecified atom stereocenters. The molecular weight excluding hydrogens is 935 g/mol. The number of benzene rings is 10. The van der Waals surface area contributed by atoms with Gasteiger partial charge in [-0.1, -0.05) is 219 Å². The van der Waals surface area contributed by atoms with E-state index in [9.17, 15) is 0 Å². The molecule has 0 radical (unpaired) electrons. The second kappa shape index (κ2) is 18.8. The summed E-state index contributed by atoms with van der Waals surface area (Å²) >= 11 is 0. The van der Waals surface area contributed by atoms with Gasteiger partial charge in [-0.2, -0.15) is 0 Å². The molecule has 0 amide bonds. The van der Waals surface area contributed by atoms with E-state index in [4.69, 9.17) is 0 Å². The number of hydrogen-bond acceptors (Lipinski definition) is 1. The zero-order valence-electron chi connectivity index (χ0n) is 42.0. The van der Waals surface area contributed by atoms with Gasteiger partial charge in [-0.05, 0) is 128 Å². The molecule has 0 fully saturated rings. The van der Waals surface area contributed by atoms with Crippen molar-refractivity contribution in [2.75, 3.05) is 4.90 Å². The second-order valence-electron chi connectivity index (χ2n) is 20.0. The van der Waals surface area contributed by atoms with E-state index in [0.29, 0.717) is 0 Å². The molecule has 360 valence electrons. The van der Waals surface area contributed by atoms with Crippen molar-refractivity contribution in [1.29, 1.82) is 0 Å². The van der Waals surface area contributed by atoms with Gasteiger partial charge in [0.1, 0.15) is 0 Å². The predicted octanol–water partition coefficient (Wildman–Crippen LogP) is 14.6. The van der Waals surface area contributed by atoms with Crippen LogP contribution in [0.25, 0.3) is 77.6 Å². The fourth-order valence-corrected chi connectivity index (χ4v) is 17.2. The molecule has 3 nitrogen and oxygen atoms in total. The Bertz CT molecular complexity index is 4320. The fourth-order valence-electron chi connectivity index (χ4n) is 12.5. The third kappa shape index (κ3) is 7.40. The molecule has 0 saturated heterocycles. The molecule has 1 aliphatic rings. The van der Waals surface area contributed by atoms with Crippen LogP contribution in [0, 0.1) is 0 Å². The lowest BCUT2D eigenvalue weighted by Gasteiger charge is -2.36. The molecule has 3 aromatic heterocycles. The summed E-state index contributed by atoms with van der Waals surface area (Å²) in [5.41, 5.74) is 14.3. The van der Waals surface area contributed by atoms with Gasteiger partial charge in [-0.25, -0.2) is 0 Å². The highest BCUT2D eigenvalue weighted by Crippen LogP contribution is 2.38. The average Bonchev–Trinajstić information content (AvgIpc) is 4.18. The number of rotatable bonds is 11. The molecule has 0 bridgehead atoms. The van der Waals surface area contributed by atoms with Crippen LogP contribution in [0.4, 0.5) is 11.4 Å². The summed E-state index contributed by atoms with van der Waals surface area (Å²) < 4.78 is 4.78. The van der Waals surface area contributed by atoms with Gasteiger partial charge in [-0.3, -0.25) is 0 Å². The smallest absolute Gasteiger partial charge is 0.179 e. The third-order valence-corrected chi connectivity index (χ3v) is 20.7. The second-order valence-corrected chi connectivity index (χ2v) is 23.8. The molecule has 14 rings (SSSR count). The Morgan fingerprint density at radius 1 is 0.434 bits per heavy atom. The summed E-state index contributed by atoms with van der Waals surface area (Å²) in [4.78, 5) is 2.54. The van der Waals surface area contributed by atoms with Crippen molar-refractivity contribution in [3.63, 3.8) is 0 Å². The van der Waals surface area contributed by atoms with Crippen molar-refractivity contribution >= 4 is 101 Å². The average molecular weight is 988 g/mol. The molecule has 0 saturated carbocycles. The number of para-hydroxylation sites is 3. The van der Waals surface area contributed by atoms with E-state index < -0.39 is 8.07 Å². The minimum atomic E-state index is -2.73. The Morgan fingerprint density at radius 2 is 0.961 bits per heavy atom. The van der Waals surface area contributed by atoms with E-state index in [2.05, 4.69) is 306 Å². The van der Waals surface area contributed by atoms with Crippen molar-refractivity contribution in [1.82, 2.24) is 8.97 Å². The van der Waals surface area contributed by atoms with Crippen LogP contribution in [0.2, 0.25) is 0 Å². The van der Waals surface area contributed by atoms with Crippen molar-refractivity contribution in [2.45, 2.75) is 12.5 Å². The molecule has 4 heteroatoms. The third-order valence-electron chi connectivity index (χ3n) is 15.9. The number of anilines is 2. The minimum absolute atomic E-state index is 0.0692. The SMILES string of the molecule is C=C/C=c1/c2cc(-c3ccc(N(c4ccc([Si](c5ccccc5)(c5ccccc5)c5ccccc5)cc4)C4C=CC(c5ccc6c(c5)c5ccccc5n6-c5ccccc5)=CC4)cc3)ccc2n2c1cc1ccccc12. The van der Waals surface area contributed by atoms with Gasteiger partial charge in [0.25, 0.3) is 0 Å². The largest absolute Gasteiger partial charge is 0.334 e. The van der Waals surface area contributed by atoms with Crippen LogP contribution in [0.15, 0.2) is 292 Å². The molecule has 13 aromatic rings. The highest BCUT2D eigenvalue weighted by molar-refractivity contribution is 7.19. The quantitative estimate of drug-likeness (QED) is 0.0929. The fraction of sp³-hybridized carbons (Fsp3) is 0.0278. The first-order chi connectivity index (χ1) is 37.7. The summed E-state index contributed by atoms with van der Waals surface area (Å²) in [6.45, 7) is 4.11. The van der Waals surface area contributed by atoms with Gasteiger partial charge < -0.3 is 13.9 Å². The Morgan fingerprint density at radius 3 is 1.61 bits per heavy atom. The minimum Gasteiger partial charge on any atom is -0.334 e. The van der Waals surface area contributed by atoms with E-state index >= 15 is 0 Å². The standard InChI is InChI=1S/C72H53N3Si/c1-2-19-64-66-48-54(37-47-71(66)75-68-30-17-15-20-55(68)50-72(64)75)52-34-40-58(41-35-52)73(59-42-44-63(45-43-59)76(60-23-9-4-10-24-60,61-25-11-5-12-26-61)62-27-13-6-14-28-62)57-38-32-51(33-39-57)53-36-46-70-67(49-53)65-29-16-18-31-69(65)74(70)56-21-7-3-8-22-56/h2-38,40-50,57H,1,39H2/b64-19-. The van der Waals surface area contributed by atoms with Gasteiger partial charge in [-0.15, -0.1) is 0 Å². The Labute approximate surface area is 444 Å². The lowest BCUT2D eigenvalue weighted by atomic mass is 9.94. The maximum absolute atomic E-state index is 4.11. The summed E-state index contributed by atoms with van der Waals surface area (Å²) in [6.07, 6.45) is 12.1. The van der Waals surface area contributed by atoms with Gasteiger partial charge in [0.15, 0.2) is 8.07 Å². The Balaban J connectivity index is 0.864. The number of fused-ring (bicyclic) bond motifs is 8. The molecule has 0 aliphatic heterocycles. The number of aromatic nitrogens is 2. The number of allylic oxidation sites excluding steroid dienone is 3. The highest BCUT2D eigenvalue weighted by Gasteiger charge is 2.41. The Hall–Kier alpha value is -9.48. The van der Waals surface area contributed by atoms with Crippen LogP contribution in [0.3, 0.4) is 0 Å². The van der Waals surface area contributed by atoms with Crippen molar-refractivity contribution in [2.24, 2.45) is 0 Å². The van der Waals surface area contributed by atoms with E-state index in [-0.39, 0.29) is 6.04 Å². The molecule has 3 heterocycles. The van der Waals surface area contributed by atoms with Crippen LogP contribution in [-0.2, 0) is 0 Å². The predicted molar refractivity (Wildman–Crippen MR) is 326 cm³/mol. The van der Waals surface area contributed by atoms with Gasteiger partial charge in [0, 0.05) is 43.8 Å². The van der Waals surface area contributed by atoms with Crippen LogP contribution >= 0.6 is 0 Å². The summed E-state index contributed by atoms with van der Waals surface area (Å²) in [5, 5.41) is 11.6. The van der Waals surface area contributed by atoms with Gasteiger partial charge in [0.2, 0.25) is 0 Å². The molecular formula is C72H53N3Si. The molecule has 10 aromatic carbocycles. The lowest BCUT2D eigenvalue weighted by Crippen LogP contribution is -2.74. The monoisotopic (exact) mass is 987 g/mol. The van der Waals surface area contributed by atoms with Crippen molar-refractivity contribution < 1.29 is 0 Å². The van der Waals surface area contributed by atoms with Crippen molar-refractivity contribution in [3.05, 3.63) is 303 Å². The zero-order valence-corrected chi connectivity index (χ0v) is 43.0. The normalized spacial score (nSPS) is 14.0. The first-order valence-electron chi connectivity index (χ1n) is 26.4. The maximum atomic E-state index is 4.11. The lowest BCUT2D eigenvalue weighted by molar-refractivity contribution is 0.787. The van der Waals surface area contributed by atoms with Crippen LogP contribution in [0.1, 0.15) is 12.0 Å².